The van der Waals surface area contributed by atoms with Gasteiger partial charge in [0.05, 0.1) is 12.6 Å². The molecule has 0 saturated heterocycles. The molecule has 0 aromatic heterocycles. The first kappa shape index (κ1) is 15.3. The molecule has 0 amide bonds. The lowest BCUT2D eigenvalue weighted by Crippen LogP contribution is -2.41. The number of azide groups is 1. The molecular weight excluding hydrogens is 250 g/mol. The Bertz CT molecular complexity index is 373. The molecule has 0 aromatic rings. The van der Waals surface area contributed by atoms with Crippen LogP contribution in [0.25, 0.3) is 10.4 Å². The quantitative estimate of drug-likeness (QED) is 0.314. The van der Waals surface area contributed by atoms with Crippen LogP contribution in [0.2, 0.25) is 0 Å². The molecule has 5 radical (unpaired) electrons. The summed E-state index contributed by atoms with van der Waals surface area (Å²) in [5.41, 5.74) is 8.60. The van der Waals surface area contributed by atoms with E-state index >= 15 is 0 Å². The van der Waals surface area contributed by atoms with Crippen LogP contribution in [0.4, 0.5) is 0 Å². The van der Waals surface area contributed by atoms with Crippen LogP contribution in [0.15, 0.2) is 5.11 Å². The van der Waals surface area contributed by atoms with Crippen LogP contribution in [-0.4, -0.2) is 30.7 Å². The molecule has 1 saturated carbocycles. The number of hydrogen-bond donors (Lipinski definition) is 0. The average Bonchev–Trinajstić information content (AvgIpc) is 2.87. The predicted octanol–water partition coefficient (Wildman–Crippen LogP) is 1.57. The van der Waals surface area contributed by atoms with Crippen LogP contribution in [-0.2, 0) is 19.1 Å². The summed E-state index contributed by atoms with van der Waals surface area (Å²) in [6.45, 7) is 2.94. The third kappa shape index (κ3) is 4.44. The Hall–Kier alpha value is -1.75. The van der Waals surface area contributed by atoms with Crippen molar-refractivity contribution >= 4 is 11.9 Å². The molecule has 7 nitrogen and oxygen atoms in total. The SMILES string of the molecule is CCOC(=O)[C@@H](OC(C)=O)[C@H](N=[N+]=[N-])[C]1[CH][CH][CH][CH]1. The molecular formula is C12H14N3O4. The maximum absolute atomic E-state index is 11.8. The van der Waals surface area contributed by atoms with E-state index in [4.69, 9.17) is 15.0 Å². The van der Waals surface area contributed by atoms with E-state index in [9.17, 15) is 9.59 Å². The molecule has 2 atom stereocenters. The average molecular weight is 264 g/mol. The highest BCUT2D eigenvalue weighted by Gasteiger charge is 2.39. The van der Waals surface area contributed by atoms with Crippen molar-refractivity contribution in [2.75, 3.05) is 6.61 Å². The molecule has 0 aromatic carbocycles. The predicted molar refractivity (Wildman–Crippen MR) is 65.6 cm³/mol. The van der Waals surface area contributed by atoms with Gasteiger partial charge in [0.15, 0.2) is 0 Å². The maximum Gasteiger partial charge on any atom is 0.347 e. The van der Waals surface area contributed by atoms with Crippen molar-refractivity contribution in [3.63, 3.8) is 0 Å². The van der Waals surface area contributed by atoms with Gasteiger partial charge in [-0.3, -0.25) is 4.79 Å². The first-order valence-electron chi connectivity index (χ1n) is 5.69. The van der Waals surface area contributed by atoms with Gasteiger partial charge in [-0.1, -0.05) is 5.11 Å². The minimum absolute atomic E-state index is 0.139. The Kier molecular flexibility index (Phi) is 6.15. The summed E-state index contributed by atoms with van der Waals surface area (Å²) < 4.78 is 9.76. The zero-order valence-electron chi connectivity index (χ0n) is 10.6. The Morgan fingerprint density at radius 1 is 1.42 bits per heavy atom. The minimum Gasteiger partial charge on any atom is -0.463 e. The standard InChI is InChI=1S/C12H14N3O4/c1-3-18-12(17)11(19-8(2)16)10(14-15-13)9-6-4-5-7-9/h4-7,10-11H,3H2,1-2H3/t10-,11+/m1/s1. The van der Waals surface area contributed by atoms with Crippen molar-refractivity contribution < 1.29 is 19.1 Å². The second-order valence-corrected chi connectivity index (χ2v) is 3.65. The van der Waals surface area contributed by atoms with E-state index in [0.717, 1.165) is 0 Å². The number of nitrogens with zero attached hydrogens (tertiary/aromatic N) is 3. The second-order valence-electron chi connectivity index (χ2n) is 3.65. The van der Waals surface area contributed by atoms with Crippen molar-refractivity contribution in [2.24, 2.45) is 5.11 Å². The van der Waals surface area contributed by atoms with Gasteiger partial charge in [0.25, 0.3) is 0 Å². The van der Waals surface area contributed by atoms with E-state index < -0.39 is 24.1 Å². The van der Waals surface area contributed by atoms with Crippen LogP contribution < -0.4 is 0 Å². The van der Waals surface area contributed by atoms with E-state index in [2.05, 4.69) is 10.0 Å². The van der Waals surface area contributed by atoms with E-state index in [1.54, 1.807) is 32.6 Å². The van der Waals surface area contributed by atoms with Gasteiger partial charge in [0.2, 0.25) is 6.10 Å². The fourth-order valence-electron chi connectivity index (χ4n) is 1.59. The molecule has 1 aliphatic rings. The highest BCUT2D eigenvalue weighted by atomic mass is 16.6. The molecule has 0 N–H and O–H groups in total. The number of ether oxygens (including phenoxy) is 2. The lowest BCUT2D eigenvalue weighted by molar-refractivity contribution is -0.167. The van der Waals surface area contributed by atoms with Crippen LogP contribution in [0.5, 0.6) is 0 Å². The monoisotopic (exact) mass is 264 g/mol. The molecule has 1 fully saturated rings. The van der Waals surface area contributed by atoms with Crippen molar-refractivity contribution in [1.29, 1.82) is 0 Å². The summed E-state index contributed by atoms with van der Waals surface area (Å²) in [5.74, 6) is -0.809. The van der Waals surface area contributed by atoms with Crippen LogP contribution in [0.1, 0.15) is 13.8 Å². The topological polar surface area (TPSA) is 101 Å². The van der Waals surface area contributed by atoms with Gasteiger partial charge in [-0.2, -0.15) is 0 Å². The van der Waals surface area contributed by atoms with E-state index in [0.29, 0.717) is 5.92 Å². The summed E-state index contributed by atoms with van der Waals surface area (Å²) in [4.78, 5) is 25.6. The Labute approximate surface area is 111 Å². The number of carbonyl (C=O) groups is 2. The first-order valence-corrected chi connectivity index (χ1v) is 5.69. The lowest BCUT2D eigenvalue weighted by Gasteiger charge is -2.25. The Morgan fingerprint density at radius 3 is 2.53 bits per heavy atom. The molecule has 1 rings (SSSR count). The van der Waals surface area contributed by atoms with Gasteiger partial charge < -0.3 is 9.47 Å². The van der Waals surface area contributed by atoms with E-state index in [1.807, 2.05) is 0 Å². The zero-order valence-corrected chi connectivity index (χ0v) is 10.6. The molecule has 7 heteroatoms. The maximum atomic E-state index is 11.8. The first-order chi connectivity index (χ1) is 9.10. The molecule has 0 aliphatic heterocycles. The van der Waals surface area contributed by atoms with Gasteiger partial charge in [-0.25, -0.2) is 4.79 Å². The van der Waals surface area contributed by atoms with E-state index in [-0.39, 0.29) is 6.61 Å². The number of carbonyl (C=O) groups excluding carboxylic acids is 2. The van der Waals surface area contributed by atoms with Crippen molar-refractivity contribution in [1.82, 2.24) is 0 Å². The van der Waals surface area contributed by atoms with Crippen LogP contribution >= 0.6 is 0 Å². The number of esters is 2. The van der Waals surface area contributed by atoms with Crippen LogP contribution in [0, 0.1) is 31.6 Å². The van der Waals surface area contributed by atoms with Gasteiger partial charge >= 0.3 is 11.9 Å². The van der Waals surface area contributed by atoms with E-state index in [1.165, 1.54) is 6.92 Å². The van der Waals surface area contributed by atoms with Crippen molar-refractivity contribution in [3.05, 3.63) is 42.0 Å². The fraction of sp³-hybridized carbons (Fsp3) is 0.417. The zero-order chi connectivity index (χ0) is 14.3. The van der Waals surface area contributed by atoms with Crippen molar-refractivity contribution in [2.45, 2.75) is 26.0 Å². The molecule has 0 bridgehead atoms. The van der Waals surface area contributed by atoms with Gasteiger partial charge in [-0.05, 0) is 44.1 Å². The van der Waals surface area contributed by atoms with Gasteiger partial charge in [0.1, 0.15) is 0 Å². The summed E-state index contributed by atoms with van der Waals surface area (Å²) in [6.07, 6.45) is 5.52. The third-order valence-corrected chi connectivity index (χ3v) is 2.30. The third-order valence-electron chi connectivity index (χ3n) is 2.30. The molecule has 1 aliphatic carbocycles. The van der Waals surface area contributed by atoms with Gasteiger partial charge in [-0.15, -0.1) is 0 Å². The lowest BCUT2D eigenvalue weighted by atomic mass is 9.94. The summed E-state index contributed by atoms with van der Waals surface area (Å²) in [7, 11) is 0. The molecule has 0 heterocycles. The highest BCUT2D eigenvalue weighted by Crippen LogP contribution is 2.31. The normalized spacial score (nSPS) is 18.2. The summed E-state index contributed by atoms with van der Waals surface area (Å²) in [5, 5.41) is 3.53. The van der Waals surface area contributed by atoms with Crippen molar-refractivity contribution in [3.8, 4) is 0 Å². The smallest absolute Gasteiger partial charge is 0.347 e. The number of hydrogen-bond acceptors (Lipinski definition) is 5. The molecule has 0 unspecified atom stereocenters. The molecule has 0 spiro atoms. The largest absolute Gasteiger partial charge is 0.463 e. The Morgan fingerprint density at radius 2 is 2.05 bits per heavy atom. The highest BCUT2D eigenvalue weighted by molar-refractivity contribution is 5.80. The number of rotatable bonds is 6. The fourth-order valence-corrected chi connectivity index (χ4v) is 1.59. The minimum atomic E-state index is -1.28. The van der Waals surface area contributed by atoms with Crippen LogP contribution in [0.3, 0.4) is 0 Å². The summed E-state index contributed by atoms with van der Waals surface area (Å²) >= 11 is 0. The molecule has 101 valence electrons. The Balaban J connectivity index is 2.91. The summed E-state index contributed by atoms with van der Waals surface area (Å²) in [6, 6.07) is -0.942. The van der Waals surface area contributed by atoms with Gasteiger partial charge in [0, 0.05) is 11.8 Å². The second kappa shape index (κ2) is 7.63. The molecule has 19 heavy (non-hydrogen) atoms.